The molecule has 0 aliphatic rings. The molecule has 18 heavy (non-hydrogen) atoms. The molecule has 1 unspecified atom stereocenters. The second-order valence-corrected chi connectivity index (χ2v) is 4.62. The number of nitrogens with two attached hydrogens (primary N) is 1. The monoisotopic (exact) mass is 267 g/mol. The summed E-state index contributed by atoms with van der Waals surface area (Å²) in [5.74, 6) is 1.45. The van der Waals surface area contributed by atoms with Crippen LogP contribution in [0.4, 0.5) is 0 Å². The molecule has 3 nitrogen and oxygen atoms in total. The third-order valence-electron chi connectivity index (χ3n) is 2.55. The Balaban J connectivity index is 2.92. The van der Waals surface area contributed by atoms with Gasteiger partial charge in [-0.15, -0.1) is 0 Å². The lowest BCUT2D eigenvalue weighted by atomic mass is 10.2. The van der Waals surface area contributed by atoms with Crippen LogP contribution >= 0.6 is 12.2 Å². The molecule has 4 heteroatoms. The second kappa shape index (κ2) is 7.21. The number of ether oxygens (including phenoxy) is 2. The summed E-state index contributed by atoms with van der Waals surface area (Å²) >= 11 is 4.96. The number of hydrogen-bond acceptors (Lipinski definition) is 3. The van der Waals surface area contributed by atoms with Crippen molar-refractivity contribution in [1.82, 2.24) is 0 Å². The van der Waals surface area contributed by atoms with Gasteiger partial charge in [0.05, 0.1) is 12.7 Å². The molecule has 0 amide bonds. The molecule has 0 fully saturated rings. The summed E-state index contributed by atoms with van der Waals surface area (Å²) in [5.41, 5.74) is 6.41. The van der Waals surface area contributed by atoms with Gasteiger partial charge in [0.1, 0.15) is 4.99 Å². The zero-order valence-electron chi connectivity index (χ0n) is 11.2. The van der Waals surface area contributed by atoms with Crippen LogP contribution in [0.25, 0.3) is 0 Å². The molecule has 0 heterocycles. The van der Waals surface area contributed by atoms with E-state index in [1.165, 1.54) is 0 Å². The van der Waals surface area contributed by atoms with Crippen LogP contribution in [-0.4, -0.2) is 17.7 Å². The van der Waals surface area contributed by atoms with Gasteiger partial charge in [-0.25, -0.2) is 0 Å². The lowest BCUT2D eigenvalue weighted by Gasteiger charge is -2.17. The highest BCUT2D eigenvalue weighted by Gasteiger charge is 2.10. The van der Waals surface area contributed by atoms with Crippen molar-refractivity contribution in [3.63, 3.8) is 0 Å². The van der Waals surface area contributed by atoms with Crippen molar-refractivity contribution in [2.45, 2.75) is 39.7 Å². The lowest BCUT2D eigenvalue weighted by Crippen LogP contribution is -2.13. The van der Waals surface area contributed by atoms with Crippen LogP contribution in [0.1, 0.15) is 39.2 Å². The molecule has 0 saturated carbocycles. The van der Waals surface area contributed by atoms with E-state index < -0.39 is 0 Å². The Labute approximate surface area is 114 Å². The van der Waals surface area contributed by atoms with E-state index in [1.54, 1.807) is 0 Å². The molecule has 1 atom stereocenters. The van der Waals surface area contributed by atoms with Crippen LogP contribution < -0.4 is 15.2 Å². The van der Waals surface area contributed by atoms with E-state index in [2.05, 4.69) is 13.8 Å². The maximum absolute atomic E-state index is 5.86. The first-order valence-electron chi connectivity index (χ1n) is 6.31. The molecule has 1 aromatic rings. The number of rotatable bonds is 7. The van der Waals surface area contributed by atoms with E-state index in [1.807, 2.05) is 25.1 Å². The van der Waals surface area contributed by atoms with E-state index in [-0.39, 0.29) is 6.10 Å². The maximum atomic E-state index is 5.86. The highest BCUT2D eigenvalue weighted by molar-refractivity contribution is 7.80. The van der Waals surface area contributed by atoms with Crippen molar-refractivity contribution in [3.05, 3.63) is 23.8 Å². The third-order valence-corrected chi connectivity index (χ3v) is 2.79. The van der Waals surface area contributed by atoms with Gasteiger partial charge in [-0.2, -0.15) is 0 Å². The van der Waals surface area contributed by atoms with E-state index >= 15 is 0 Å². The average Bonchev–Trinajstić information content (AvgIpc) is 2.31. The standard InChI is InChI=1S/C14H21NO2S/c1-4-6-10(3)17-12-8-7-11(14(15)18)9-13(12)16-5-2/h7-10H,4-6H2,1-3H3,(H2,15,18). The SMILES string of the molecule is CCCC(C)Oc1ccc(C(N)=S)cc1OCC. The number of hydrogen-bond donors (Lipinski definition) is 1. The third kappa shape index (κ3) is 4.18. The normalized spacial score (nSPS) is 11.9. The van der Waals surface area contributed by atoms with Gasteiger partial charge in [0, 0.05) is 5.56 Å². The minimum Gasteiger partial charge on any atom is -0.490 e. The summed E-state index contributed by atoms with van der Waals surface area (Å²) in [7, 11) is 0. The molecule has 2 N–H and O–H groups in total. The van der Waals surface area contributed by atoms with Gasteiger partial charge in [0.2, 0.25) is 0 Å². The Morgan fingerprint density at radius 3 is 2.61 bits per heavy atom. The van der Waals surface area contributed by atoms with Crippen LogP contribution in [0, 0.1) is 0 Å². The fourth-order valence-corrected chi connectivity index (χ4v) is 1.84. The van der Waals surface area contributed by atoms with Crippen molar-refractivity contribution < 1.29 is 9.47 Å². The molecule has 0 aliphatic heterocycles. The largest absolute Gasteiger partial charge is 0.490 e. The molecular formula is C14H21NO2S. The quantitative estimate of drug-likeness (QED) is 0.770. The average molecular weight is 267 g/mol. The summed E-state index contributed by atoms with van der Waals surface area (Å²) in [4.78, 5) is 0.365. The Bertz CT molecular complexity index is 407. The Morgan fingerprint density at radius 2 is 2.06 bits per heavy atom. The Hall–Kier alpha value is -1.29. The second-order valence-electron chi connectivity index (χ2n) is 4.18. The predicted octanol–water partition coefficient (Wildman–Crippen LogP) is 3.29. The summed E-state index contributed by atoms with van der Waals surface area (Å²) in [6.45, 7) is 6.71. The molecule has 0 saturated heterocycles. The first-order valence-corrected chi connectivity index (χ1v) is 6.72. The van der Waals surface area contributed by atoms with Gasteiger partial charge >= 0.3 is 0 Å². The van der Waals surface area contributed by atoms with Crippen molar-refractivity contribution in [2.75, 3.05) is 6.61 Å². The van der Waals surface area contributed by atoms with E-state index in [0.29, 0.717) is 17.3 Å². The van der Waals surface area contributed by atoms with E-state index in [9.17, 15) is 0 Å². The molecule has 0 radical (unpaired) electrons. The summed E-state index contributed by atoms with van der Waals surface area (Å²) in [6, 6.07) is 5.56. The van der Waals surface area contributed by atoms with Gasteiger partial charge in [0.15, 0.2) is 11.5 Å². The van der Waals surface area contributed by atoms with Crippen LogP contribution in [0.15, 0.2) is 18.2 Å². The Kier molecular flexibility index (Phi) is 5.92. The molecule has 1 rings (SSSR count). The van der Waals surface area contributed by atoms with Crippen molar-refractivity contribution in [1.29, 1.82) is 0 Å². The van der Waals surface area contributed by atoms with Crippen LogP contribution in [0.5, 0.6) is 11.5 Å². The van der Waals surface area contributed by atoms with Gasteiger partial charge in [-0.3, -0.25) is 0 Å². The van der Waals surface area contributed by atoms with Crippen molar-refractivity contribution >= 4 is 17.2 Å². The first-order chi connectivity index (χ1) is 8.58. The molecule has 0 aliphatic carbocycles. The lowest BCUT2D eigenvalue weighted by molar-refractivity contribution is 0.197. The molecule has 0 bridgehead atoms. The molecule has 0 aromatic heterocycles. The van der Waals surface area contributed by atoms with Crippen LogP contribution in [-0.2, 0) is 0 Å². The van der Waals surface area contributed by atoms with E-state index in [0.717, 1.165) is 24.2 Å². The van der Waals surface area contributed by atoms with Crippen molar-refractivity contribution in [2.24, 2.45) is 5.73 Å². The highest BCUT2D eigenvalue weighted by Crippen LogP contribution is 2.29. The van der Waals surface area contributed by atoms with Crippen LogP contribution in [0.3, 0.4) is 0 Å². The summed E-state index contributed by atoms with van der Waals surface area (Å²) in [5, 5.41) is 0. The smallest absolute Gasteiger partial charge is 0.161 e. The van der Waals surface area contributed by atoms with E-state index in [4.69, 9.17) is 27.4 Å². The van der Waals surface area contributed by atoms with Gasteiger partial charge < -0.3 is 15.2 Å². The zero-order valence-corrected chi connectivity index (χ0v) is 12.0. The number of thiocarbonyl (C=S) groups is 1. The predicted molar refractivity (Wildman–Crippen MR) is 78.5 cm³/mol. The maximum Gasteiger partial charge on any atom is 0.161 e. The molecule has 100 valence electrons. The van der Waals surface area contributed by atoms with Crippen LogP contribution in [0.2, 0.25) is 0 Å². The Morgan fingerprint density at radius 1 is 1.33 bits per heavy atom. The van der Waals surface area contributed by atoms with Gasteiger partial charge in [0.25, 0.3) is 0 Å². The first kappa shape index (κ1) is 14.8. The molecule has 1 aromatic carbocycles. The summed E-state index contributed by atoms with van der Waals surface area (Å²) < 4.78 is 11.4. The topological polar surface area (TPSA) is 44.5 Å². The van der Waals surface area contributed by atoms with Gasteiger partial charge in [-0.1, -0.05) is 25.6 Å². The minimum absolute atomic E-state index is 0.171. The highest BCUT2D eigenvalue weighted by atomic mass is 32.1. The summed E-state index contributed by atoms with van der Waals surface area (Å²) in [6.07, 6.45) is 2.28. The van der Waals surface area contributed by atoms with Gasteiger partial charge in [-0.05, 0) is 38.5 Å². The minimum atomic E-state index is 0.171. The molecular weight excluding hydrogens is 246 g/mol. The molecule has 0 spiro atoms. The van der Waals surface area contributed by atoms with Crippen molar-refractivity contribution in [3.8, 4) is 11.5 Å². The fourth-order valence-electron chi connectivity index (χ4n) is 1.71. The fraction of sp³-hybridized carbons (Fsp3) is 0.500. The zero-order chi connectivity index (χ0) is 13.5. The number of benzene rings is 1.